The van der Waals surface area contributed by atoms with Gasteiger partial charge in [0.25, 0.3) is 5.79 Å². The van der Waals surface area contributed by atoms with E-state index in [1.54, 1.807) is 48.5 Å². The van der Waals surface area contributed by atoms with Crippen molar-refractivity contribution in [1.82, 2.24) is 4.90 Å². The molecular formula is C48H62N4O20SSi. The second-order valence-electron chi connectivity index (χ2n) is 18.1. The maximum absolute atomic E-state index is 15.3. The molecule has 2 heterocycles. The van der Waals surface area contributed by atoms with Gasteiger partial charge in [0, 0.05) is 73.0 Å². The summed E-state index contributed by atoms with van der Waals surface area (Å²) < 4.78 is 66.2. The van der Waals surface area contributed by atoms with Gasteiger partial charge in [-0.1, -0.05) is 61.2 Å². The zero-order valence-corrected chi connectivity index (χ0v) is 44.6. The Balaban J connectivity index is 2.19. The predicted octanol–water partition coefficient (Wildman–Crippen LogP) is 4.47. The van der Waals surface area contributed by atoms with Crippen LogP contribution in [0.25, 0.3) is 10.4 Å². The van der Waals surface area contributed by atoms with E-state index in [0.717, 1.165) is 67.3 Å². The van der Waals surface area contributed by atoms with Gasteiger partial charge in [0.2, 0.25) is 11.8 Å². The van der Waals surface area contributed by atoms with Gasteiger partial charge < -0.3 is 52.1 Å². The second-order valence-corrected chi connectivity index (χ2v) is 25.0. The van der Waals surface area contributed by atoms with Crippen molar-refractivity contribution < 1.29 is 95.3 Å². The molecule has 2 aromatic carbocycles. The molecule has 0 bridgehead atoms. The highest BCUT2D eigenvalue weighted by Crippen LogP contribution is 2.49. The molecule has 0 saturated carbocycles. The van der Waals surface area contributed by atoms with Crippen molar-refractivity contribution >= 4 is 73.4 Å². The summed E-state index contributed by atoms with van der Waals surface area (Å²) in [5, 5.41) is 2.11. The normalized spacial score (nSPS) is 25.3. The molecular weight excluding hydrogens is 1010 g/mol. The van der Waals surface area contributed by atoms with Crippen LogP contribution in [0.15, 0.2) is 70.7 Å². The van der Waals surface area contributed by atoms with Gasteiger partial charge in [-0.05, 0) is 35.8 Å². The second kappa shape index (κ2) is 27.2. The molecule has 0 unspecified atom stereocenters. The van der Waals surface area contributed by atoms with E-state index in [9.17, 15) is 43.9 Å². The molecule has 2 aliphatic rings. The molecule has 26 heteroatoms. The first-order chi connectivity index (χ1) is 34.8. The Morgan fingerprint density at radius 2 is 1.35 bits per heavy atom. The van der Waals surface area contributed by atoms with Crippen molar-refractivity contribution in [1.29, 1.82) is 0 Å². The van der Waals surface area contributed by atoms with E-state index in [0.29, 0.717) is 15.8 Å². The number of imide groups is 1. The summed E-state index contributed by atoms with van der Waals surface area (Å²) in [7, 11) is -0.959. The van der Waals surface area contributed by atoms with E-state index in [2.05, 4.69) is 29.7 Å². The molecule has 2 aromatic rings. The van der Waals surface area contributed by atoms with Gasteiger partial charge in [0.1, 0.15) is 55.0 Å². The summed E-state index contributed by atoms with van der Waals surface area (Å²) >= 11 is 0.741. The number of azide groups is 1. The van der Waals surface area contributed by atoms with Gasteiger partial charge >= 0.3 is 41.8 Å². The summed E-state index contributed by atoms with van der Waals surface area (Å²) in [5.74, 6) is -12.6. The van der Waals surface area contributed by atoms with Crippen molar-refractivity contribution in [3.63, 3.8) is 0 Å². The maximum Gasteiger partial charge on any atom is 0.368 e. The summed E-state index contributed by atoms with van der Waals surface area (Å²) in [6.07, 6.45) is -15.3. The number of hydrogen-bond donors (Lipinski definition) is 0. The number of thioether (sulfide) groups is 1. The highest BCUT2D eigenvalue weighted by Gasteiger charge is 2.69. The van der Waals surface area contributed by atoms with Gasteiger partial charge in [-0.2, -0.15) is 0 Å². The van der Waals surface area contributed by atoms with E-state index >= 15 is 4.79 Å². The molecule has 74 heavy (non-hydrogen) atoms. The average molecular weight is 1080 g/mol. The standard InChI is InChI=1S/C48H62N4O20SSi/c1-26(53)52(27(2)54)38-42(40(68-31(6)58)35(66-29(4)56)24-64-28(3)55)72-48(47(61)62-8,44(43(38)69-32(7)59)73-34-20-16-13-17-21-34)71-41-37(50-51-49)46(63-22-23-74(9,10)11)70-36(39(41)67-30(5)57)25-65-45(60)33-18-14-12-15-19-33/h12-21,35-44,46H,22-25H2,1-11H3/t35-,36-,37-,38+,39+,40-,41-,42-,43-,44+,46-,48-/m1/s1. The van der Waals surface area contributed by atoms with Crippen LogP contribution < -0.4 is 0 Å². The summed E-state index contributed by atoms with van der Waals surface area (Å²) in [6.45, 7) is 11.5. The topological polar surface area (TPSA) is 307 Å². The Kier molecular flexibility index (Phi) is 22.1. The van der Waals surface area contributed by atoms with Crippen molar-refractivity contribution in [2.24, 2.45) is 5.11 Å². The van der Waals surface area contributed by atoms with Gasteiger partial charge in [-0.25, -0.2) is 9.59 Å². The number of rotatable bonds is 22. The Morgan fingerprint density at radius 1 is 0.770 bits per heavy atom. The number of ether oxygens (including phenoxy) is 11. The van der Waals surface area contributed by atoms with Crippen LogP contribution in [0.2, 0.25) is 25.7 Å². The first kappa shape index (κ1) is 60.1. The molecule has 0 radical (unpaired) electrons. The number of nitrogens with zero attached hydrogens (tertiary/aromatic N) is 4. The number of amides is 2. The van der Waals surface area contributed by atoms with Crippen LogP contribution in [0, 0.1) is 0 Å². The van der Waals surface area contributed by atoms with Crippen LogP contribution in [0.3, 0.4) is 0 Å². The Morgan fingerprint density at radius 3 is 1.86 bits per heavy atom. The molecule has 4 rings (SSSR count). The highest BCUT2D eigenvalue weighted by molar-refractivity contribution is 8.00. The number of carbonyl (C=O) groups excluding carboxylic acids is 9. The molecule has 0 aliphatic carbocycles. The van der Waals surface area contributed by atoms with E-state index in [1.165, 1.54) is 12.1 Å². The highest BCUT2D eigenvalue weighted by atomic mass is 32.2. The third-order valence-electron chi connectivity index (χ3n) is 11.1. The van der Waals surface area contributed by atoms with E-state index in [-0.39, 0.29) is 12.2 Å². The van der Waals surface area contributed by atoms with Crippen molar-refractivity contribution in [2.45, 2.75) is 151 Å². The fourth-order valence-corrected chi connectivity index (χ4v) is 10.2. The summed E-state index contributed by atoms with van der Waals surface area (Å²) in [6, 6.07) is 12.6. The third-order valence-corrected chi connectivity index (χ3v) is 14.2. The Hall–Kier alpha value is -6.41. The number of methoxy groups -OCH3 is 1. The van der Waals surface area contributed by atoms with Gasteiger partial charge in [-0.3, -0.25) is 38.5 Å². The first-order valence-corrected chi connectivity index (χ1v) is 27.7. The minimum Gasteiger partial charge on any atom is -0.465 e. The molecule has 0 spiro atoms. The van der Waals surface area contributed by atoms with Gasteiger partial charge in [0.15, 0.2) is 24.6 Å². The van der Waals surface area contributed by atoms with Crippen molar-refractivity contribution in [2.75, 3.05) is 26.9 Å². The van der Waals surface area contributed by atoms with Crippen LogP contribution in [0.5, 0.6) is 0 Å². The number of benzene rings is 2. The van der Waals surface area contributed by atoms with Crippen LogP contribution in [-0.4, -0.2) is 166 Å². The molecule has 0 aromatic heterocycles. The fourth-order valence-electron chi connectivity index (χ4n) is 8.15. The smallest absolute Gasteiger partial charge is 0.368 e. The van der Waals surface area contributed by atoms with Gasteiger partial charge in [0.05, 0.1) is 12.7 Å². The van der Waals surface area contributed by atoms with Crippen LogP contribution in [0.4, 0.5) is 0 Å². The zero-order chi connectivity index (χ0) is 55.1. The Labute approximate surface area is 432 Å². The van der Waals surface area contributed by atoms with E-state index < -0.39 is 147 Å². The van der Waals surface area contributed by atoms with Crippen LogP contribution in [-0.2, 0) is 90.5 Å². The lowest BCUT2D eigenvalue weighted by molar-refractivity contribution is -0.355. The third kappa shape index (κ3) is 16.3. The average Bonchev–Trinajstić information content (AvgIpc) is 3.31. The lowest BCUT2D eigenvalue weighted by Gasteiger charge is -2.55. The minimum absolute atomic E-state index is 0.00140. The molecule has 2 aliphatic heterocycles. The fraction of sp³-hybridized carbons (Fsp3) is 0.562. The molecule has 2 fully saturated rings. The first-order valence-electron chi connectivity index (χ1n) is 23.2. The lowest BCUT2D eigenvalue weighted by Crippen LogP contribution is -2.76. The van der Waals surface area contributed by atoms with Gasteiger partial charge in [-0.15, -0.1) is 11.8 Å². The number of esters is 7. The molecule has 24 nitrogen and oxygen atoms in total. The van der Waals surface area contributed by atoms with Crippen LogP contribution >= 0.6 is 11.8 Å². The van der Waals surface area contributed by atoms with Crippen molar-refractivity contribution in [3.05, 3.63) is 76.7 Å². The quantitative estimate of drug-likeness (QED) is 0.0392. The SMILES string of the molecule is COC(=O)[C@]1(O[C@@H]2[C@@H](N=[N+]=[N-])[C@H](OCC[Si](C)(C)C)O[C@H](COC(=O)c3ccccc3)[C@@H]2OC(C)=O)O[C@@H]([C@H](OC(C)=O)[C@@H](COC(C)=O)OC(C)=O)[C@H](N(C(C)=O)C(C)=O)[C@@H](OC(C)=O)[C@@H]1Sc1ccccc1. The van der Waals surface area contributed by atoms with Crippen molar-refractivity contribution in [3.8, 4) is 0 Å². The maximum atomic E-state index is 15.3. The van der Waals surface area contributed by atoms with E-state index in [4.69, 9.17) is 52.1 Å². The lowest BCUT2D eigenvalue weighted by atomic mass is 9.85. The molecule has 0 N–H and O–H groups in total. The summed E-state index contributed by atoms with van der Waals surface area (Å²) in [5.41, 5.74) is 10.3. The zero-order valence-electron chi connectivity index (χ0n) is 42.8. The summed E-state index contributed by atoms with van der Waals surface area (Å²) in [4.78, 5) is 126. The molecule has 404 valence electrons. The minimum atomic E-state index is -3.17. The Bertz CT molecular complexity index is 2370. The molecule has 2 amide bonds. The molecule has 12 atom stereocenters. The molecule has 2 saturated heterocycles. The predicted molar refractivity (Wildman–Crippen MR) is 259 cm³/mol. The largest absolute Gasteiger partial charge is 0.465 e. The monoisotopic (exact) mass is 1070 g/mol. The number of carbonyl (C=O) groups is 9. The van der Waals surface area contributed by atoms with Crippen LogP contribution in [0.1, 0.15) is 58.8 Å². The number of hydrogen-bond acceptors (Lipinski definition) is 22. The van der Waals surface area contributed by atoms with E-state index in [1.807, 2.05) is 0 Å².